The Labute approximate surface area is 132 Å². The van der Waals surface area contributed by atoms with Crippen LogP contribution in [-0.2, 0) is 11.2 Å². The molecule has 1 unspecified atom stereocenters. The van der Waals surface area contributed by atoms with E-state index >= 15 is 0 Å². The number of benzene rings is 1. The summed E-state index contributed by atoms with van der Waals surface area (Å²) in [6.07, 6.45) is -1.13. The summed E-state index contributed by atoms with van der Waals surface area (Å²) in [6.45, 7) is 2.85. The molecule has 7 heteroatoms. The van der Waals surface area contributed by atoms with Gasteiger partial charge in [-0.15, -0.1) is 0 Å². The highest BCUT2D eigenvalue weighted by Gasteiger charge is 2.27. The second-order valence-corrected chi connectivity index (χ2v) is 5.23. The van der Waals surface area contributed by atoms with Crippen LogP contribution < -0.4 is 14.8 Å². The van der Waals surface area contributed by atoms with Crippen LogP contribution in [0.1, 0.15) is 25.0 Å². The molecule has 2 rings (SSSR count). The van der Waals surface area contributed by atoms with Gasteiger partial charge in [-0.25, -0.2) is 0 Å². The molecule has 1 aromatic carbocycles. The highest BCUT2D eigenvalue weighted by atomic mass is 19.4. The smallest absolute Gasteiger partial charge is 0.405 e. The number of hydrogen-bond donors (Lipinski definition) is 1. The first-order valence-electron chi connectivity index (χ1n) is 7.27. The van der Waals surface area contributed by atoms with Crippen LogP contribution in [-0.4, -0.2) is 31.3 Å². The summed E-state index contributed by atoms with van der Waals surface area (Å²) in [5.74, 6) is 0.458. The number of nitrogens with one attached hydrogen (secondary N) is 1. The molecular weight excluding hydrogens is 311 g/mol. The Kier molecular flexibility index (Phi) is 5.18. The predicted molar refractivity (Wildman–Crippen MR) is 79.5 cm³/mol. The minimum absolute atomic E-state index is 0.0637. The van der Waals surface area contributed by atoms with E-state index in [4.69, 9.17) is 9.47 Å². The molecule has 0 aromatic heterocycles. The van der Waals surface area contributed by atoms with Gasteiger partial charge in [-0.3, -0.25) is 4.79 Å². The van der Waals surface area contributed by atoms with Gasteiger partial charge in [-0.05, 0) is 32.1 Å². The molecule has 0 saturated heterocycles. The number of hydrogen-bond acceptors (Lipinski definition) is 3. The molecule has 4 nitrogen and oxygen atoms in total. The molecule has 0 saturated carbocycles. The fourth-order valence-corrected chi connectivity index (χ4v) is 2.28. The largest absolute Gasteiger partial charge is 0.493 e. The lowest BCUT2D eigenvalue weighted by Gasteiger charge is -2.10. The predicted octanol–water partition coefficient (Wildman–Crippen LogP) is 3.10. The van der Waals surface area contributed by atoms with Gasteiger partial charge in [0.1, 0.15) is 24.1 Å². The van der Waals surface area contributed by atoms with Crippen LogP contribution >= 0.6 is 0 Å². The van der Waals surface area contributed by atoms with Crippen molar-refractivity contribution >= 4 is 12.0 Å². The van der Waals surface area contributed by atoms with Gasteiger partial charge < -0.3 is 14.8 Å². The maximum atomic E-state index is 12.1. The lowest BCUT2D eigenvalue weighted by Crippen LogP contribution is -2.32. The van der Waals surface area contributed by atoms with Crippen molar-refractivity contribution in [3.8, 4) is 11.5 Å². The number of alkyl halides is 3. The van der Waals surface area contributed by atoms with E-state index in [9.17, 15) is 18.0 Å². The molecule has 0 aliphatic carbocycles. The van der Waals surface area contributed by atoms with E-state index in [0.29, 0.717) is 23.7 Å². The summed E-state index contributed by atoms with van der Waals surface area (Å²) in [5.41, 5.74) is 1.60. The second kappa shape index (κ2) is 6.93. The van der Waals surface area contributed by atoms with Crippen LogP contribution in [0.25, 0.3) is 6.08 Å². The molecule has 1 atom stereocenters. The van der Waals surface area contributed by atoms with Gasteiger partial charge in [0.25, 0.3) is 0 Å². The number of fused-ring (bicyclic) bond motifs is 1. The van der Waals surface area contributed by atoms with Gasteiger partial charge >= 0.3 is 6.18 Å². The monoisotopic (exact) mass is 329 g/mol. The first-order valence-corrected chi connectivity index (χ1v) is 7.27. The molecule has 1 aromatic rings. The van der Waals surface area contributed by atoms with Gasteiger partial charge in [-0.1, -0.05) is 0 Å². The first kappa shape index (κ1) is 17.2. The number of carbonyl (C=O) groups is 1. The highest BCUT2D eigenvalue weighted by Crippen LogP contribution is 2.35. The van der Waals surface area contributed by atoms with Gasteiger partial charge in [0, 0.05) is 23.6 Å². The second-order valence-electron chi connectivity index (χ2n) is 5.23. The molecule has 1 aliphatic rings. The summed E-state index contributed by atoms with van der Waals surface area (Å²) in [4.78, 5) is 11.4. The average Bonchev–Trinajstić information content (AvgIpc) is 2.81. The third-order valence-electron chi connectivity index (χ3n) is 3.21. The summed E-state index contributed by atoms with van der Waals surface area (Å²) in [7, 11) is 0. The third-order valence-corrected chi connectivity index (χ3v) is 3.21. The highest BCUT2D eigenvalue weighted by molar-refractivity contribution is 5.92. The number of halogens is 3. The van der Waals surface area contributed by atoms with Gasteiger partial charge in [-0.2, -0.15) is 13.2 Å². The maximum absolute atomic E-state index is 12.1. The van der Waals surface area contributed by atoms with Crippen LogP contribution in [0.2, 0.25) is 0 Å². The molecule has 23 heavy (non-hydrogen) atoms. The van der Waals surface area contributed by atoms with Crippen LogP contribution in [0.3, 0.4) is 0 Å². The Hall–Kier alpha value is -2.18. The Morgan fingerprint density at radius 1 is 1.48 bits per heavy atom. The maximum Gasteiger partial charge on any atom is 0.405 e. The van der Waals surface area contributed by atoms with Crippen LogP contribution in [0, 0.1) is 0 Å². The Bertz CT molecular complexity index is 611. The molecule has 126 valence electrons. The van der Waals surface area contributed by atoms with E-state index in [1.165, 1.54) is 6.08 Å². The molecule has 1 heterocycles. The number of rotatable bonds is 5. The normalized spacial score (nSPS) is 17.0. The van der Waals surface area contributed by atoms with Gasteiger partial charge in [0.05, 0.1) is 6.61 Å². The first-order chi connectivity index (χ1) is 10.8. The van der Waals surface area contributed by atoms with Crippen LogP contribution in [0.5, 0.6) is 11.5 Å². The lowest BCUT2D eigenvalue weighted by atomic mass is 10.1. The van der Waals surface area contributed by atoms with Crippen molar-refractivity contribution in [1.29, 1.82) is 0 Å². The number of carbonyl (C=O) groups excluding carboxylic acids is 1. The van der Waals surface area contributed by atoms with Crippen molar-refractivity contribution in [3.05, 3.63) is 29.3 Å². The molecule has 0 spiro atoms. The third kappa shape index (κ3) is 4.91. The van der Waals surface area contributed by atoms with Crippen molar-refractivity contribution < 1.29 is 27.4 Å². The molecule has 1 N–H and O–H groups in total. The number of ether oxygens (including phenoxy) is 2. The van der Waals surface area contributed by atoms with E-state index in [0.717, 1.165) is 18.1 Å². The summed E-state index contributed by atoms with van der Waals surface area (Å²) in [5, 5.41) is 1.78. The Morgan fingerprint density at radius 2 is 2.22 bits per heavy atom. The summed E-state index contributed by atoms with van der Waals surface area (Å²) < 4.78 is 47.3. The van der Waals surface area contributed by atoms with Crippen molar-refractivity contribution in [2.45, 2.75) is 32.5 Å². The minimum atomic E-state index is -4.43. The van der Waals surface area contributed by atoms with Gasteiger partial charge in [0.2, 0.25) is 5.91 Å². The fraction of sp³-hybridized carbons (Fsp3) is 0.438. The molecule has 1 aliphatic heterocycles. The Morgan fingerprint density at radius 3 is 2.87 bits per heavy atom. The van der Waals surface area contributed by atoms with Crippen molar-refractivity contribution in [2.24, 2.45) is 0 Å². The topological polar surface area (TPSA) is 47.6 Å². The minimum Gasteiger partial charge on any atom is -0.493 e. The van der Waals surface area contributed by atoms with E-state index in [2.05, 4.69) is 0 Å². The van der Waals surface area contributed by atoms with E-state index in [-0.39, 0.29) is 6.10 Å². The quantitative estimate of drug-likeness (QED) is 0.845. The molecule has 0 fully saturated rings. The number of amides is 1. The SMILES string of the molecule is CCOc1cc2c(cc1/C=C/C(=O)NCC(F)(F)F)OC(C)C2. The molecule has 0 radical (unpaired) electrons. The lowest BCUT2D eigenvalue weighted by molar-refractivity contribution is -0.135. The zero-order chi connectivity index (χ0) is 17.0. The molecule has 1 amide bonds. The van der Waals surface area contributed by atoms with Crippen molar-refractivity contribution in [3.63, 3.8) is 0 Å². The van der Waals surface area contributed by atoms with Gasteiger partial charge in [0.15, 0.2) is 0 Å². The van der Waals surface area contributed by atoms with Crippen molar-refractivity contribution in [1.82, 2.24) is 5.32 Å². The standard InChI is InChI=1S/C16H18F3NO3/c1-3-22-13-8-12-6-10(2)23-14(12)7-11(13)4-5-15(21)20-9-16(17,18)19/h4-5,7-8,10H,3,6,9H2,1-2H3,(H,20,21)/b5-4+. The average molecular weight is 329 g/mol. The summed E-state index contributed by atoms with van der Waals surface area (Å²) in [6, 6.07) is 3.58. The van der Waals surface area contributed by atoms with Crippen molar-refractivity contribution in [2.75, 3.05) is 13.2 Å². The molecular formula is C16H18F3NO3. The molecule has 0 bridgehead atoms. The zero-order valence-electron chi connectivity index (χ0n) is 12.9. The fourth-order valence-electron chi connectivity index (χ4n) is 2.28. The zero-order valence-corrected chi connectivity index (χ0v) is 12.9. The van der Waals surface area contributed by atoms with Crippen LogP contribution in [0.15, 0.2) is 18.2 Å². The van der Waals surface area contributed by atoms with E-state index < -0.39 is 18.6 Å². The van der Waals surface area contributed by atoms with E-state index in [1.54, 1.807) is 11.4 Å². The van der Waals surface area contributed by atoms with Crippen LogP contribution in [0.4, 0.5) is 13.2 Å². The Balaban J connectivity index is 2.13. The van der Waals surface area contributed by atoms with E-state index in [1.807, 2.05) is 19.9 Å². The summed E-state index contributed by atoms with van der Waals surface area (Å²) >= 11 is 0.